The zero-order chi connectivity index (χ0) is 13.8. The second-order valence-corrected chi connectivity index (χ2v) is 5.04. The molecule has 1 unspecified atom stereocenters. The summed E-state index contributed by atoms with van der Waals surface area (Å²) in [5, 5.41) is 3.17. The molecule has 4 nitrogen and oxygen atoms in total. The van der Waals surface area contributed by atoms with Crippen LogP contribution in [-0.2, 0) is 4.74 Å². The summed E-state index contributed by atoms with van der Waals surface area (Å²) in [4.78, 5) is 12.4. The van der Waals surface area contributed by atoms with Crippen LogP contribution in [0.3, 0.4) is 0 Å². The fourth-order valence-corrected chi connectivity index (χ4v) is 2.18. The van der Waals surface area contributed by atoms with E-state index in [9.17, 15) is 4.79 Å². The van der Waals surface area contributed by atoms with E-state index in [0.717, 1.165) is 12.1 Å². The molecule has 1 heterocycles. The number of Topliss-reactive ketones (excluding diaryl/α,β-unsaturated/α-hetero) is 1. The Bertz CT molecular complexity index is 451. The summed E-state index contributed by atoms with van der Waals surface area (Å²) in [7, 11) is 1.59. The van der Waals surface area contributed by atoms with Crippen molar-refractivity contribution in [1.29, 1.82) is 0 Å². The Labute approximate surface area is 114 Å². The maximum absolute atomic E-state index is 12.4. The van der Waals surface area contributed by atoms with Gasteiger partial charge in [0, 0.05) is 13.1 Å². The molecular weight excluding hydrogens is 242 g/mol. The largest absolute Gasteiger partial charge is 0.496 e. The number of methoxy groups -OCH3 is 1. The van der Waals surface area contributed by atoms with Crippen LogP contribution >= 0.6 is 0 Å². The molecule has 0 saturated carbocycles. The molecule has 104 valence electrons. The third kappa shape index (κ3) is 3.14. The van der Waals surface area contributed by atoms with Crippen LogP contribution in [0.2, 0.25) is 0 Å². The number of ketones is 1. The minimum atomic E-state index is -0.410. The minimum Gasteiger partial charge on any atom is -0.496 e. The maximum atomic E-state index is 12.4. The number of nitrogens with one attached hydrogen (secondary N) is 1. The first kappa shape index (κ1) is 14.0. The van der Waals surface area contributed by atoms with Crippen molar-refractivity contribution in [2.75, 3.05) is 26.8 Å². The van der Waals surface area contributed by atoms with E-state index in [0.29, 0.717) is 30.4 Å². The first-order valence-electron chi connectivity index (χ1n) is 6.68. The minimum absolute atomic E-state index is 0.0145. The number of morpholine rings is 1. The van der Waals surface area contributed by atoms with E-state index in [4.69, 9.17) is 9.47 Å². The smallest absolute Gasteiger partial charge is 0.196 e. The molecule has 0 spiro atoms. The van der Waals surface area contributed by atoms with Gasteiger partial charge in [0.25, 0.3) is 0 Å². The van der Waals surface area contributed by atoms with Crippen molar-refractivity contribution >= 4 is 5.78 Å². The van der Waals surface area contributed by atoms with Gasteiger partial charge in [-0.2, -0.15) is 0 Å². The topological polar surface area (TPSA) is 47.6 Å². The van der Waals surface area contributed by atoms with Crippen LogP contribution in [0, 0.1) is 0 Å². The van der Waals surface area contributed by atoms with Crippen molar-refractivity contribution in [3.63, 3.8) is 0 Å². The van der Waals surface area contributed by atoms with Crippen LogP contribution in [-0.4, -0.2) is 38.7 Å². The van der Waals surface area contributed by atoms with Crippen molar-refractivity contribution in [2.45, 2.75) is 25.9 Å². The van der Waals surface area contributed by atoms with Crippen molar-refractivity contribution < 1.29 is 14.3 Å². The molecule has 19 heavy (non-hydrogen) atoms. The number of hydrogen-bond donors (Lipinski definition) is 1. The Morgan fingerprint density at radius 1 is 1.47 bits per heavy atom. The highest BCUT2D eigenvalue weighted by Crippen LogP contribution is 2.26. The fraction of sp³-hybridized carbons (Fsp3) is 0.533. The van der Waals surface area contributed by atoms with E-state index in [-0.39, 0.29) is 5.78 Å². The first-order valence-corrected chi connectivity index (χ1v) is 6.68. The summed E-state index contributed by atoms with van der Waals surface area (Å²) in [6, 6.07) is 5.76. The van der Waals surface area contributed by atoms with Gasteiger partial charge in [-0.1, -0.05) is 19.9 Å². The zero-order valence-electron chi connectivity index (χ0n) is 11.7. The summed E-state index contributed by atoms with van der Waals surface area (Å²) in [6.45, 7) is 6.17. The Kier molecular flexibility index (Phi) is 4.56. The molecule has 0 radical (unpaired) electrons. The van der Waals surface area contributed by atoms with Crippen LogP contribution in [0.15, 0.2) is 18.2 Å². The molecule has 1 fully saturated rings. The molecule has 0 aromatic heterocycles. The molecule has 0 aliphatic carbocycles. The highest BCUT2D eigenvalue weighted by Gasteiger charge is 2.25. The van der Waals surface area contributed by atoms with Gasteiger partial charge >= 0.3 is 0 Å². The van der Waals surface area contributed by atoms with Crippen LogP contribution in [0.1, 0.15) is 35.7 Å². The average Bonchev–Trinajstić information content (AvgIpc) is 2.46. The highest BCUT2D eigenvalue weighted by molar-refractivity contribution is 6.02. The number of carbonyl (C=O) groups is 1. The second-order valence-electron chi connectivity index (χ2n) is 5.04. The molecule has 1 aromatic carbocycles. The van der Waals surface area contributed by atoms with Gasteiger partial charge in [0.15, 0.2) is 5.78 Å². The lowest BCUT2D eigenvalue weighted by Gasteiger charge is -2.23. The Morgan fingerprint density at radius 3 is 2.84 bits per heavy atom. The third-order valence-corrected chi connectivity index (χ3v) is 3.38. The van der Waals surface area contributed by atoms with Crippen molar-refractivity contribution in [1.82, 2.24) is 5.32 Å². The molecule has 0 amide bonds. The molecule has 1 atom stereocenters. The fourth-order valence-electron chi connectivity index (χ4n) is 2.18. The Hall–Kier alpha value is -1.39. The molecule has 2 rings (SSSR count). The van der Waals surface area contributed by atoms with Gasteiger partial charge in [-0.15, -0.1) is 0 Å². The van der Waals surface area contributed by atoms with Crippen LogP contribution in [0.25, 0.3) is 0 Å². The predicted octanol–water partition coefficient (Wildman–Crippen LogP) is 1.99. The lowest BCUT2D eigenvalue weighted by Crippen LogP contribution is -2.43. The number of hydrogen-bond acceptors (Lipinski definition) is 4. The molecule has 0 bridgehead atoms. The van der Waals surface area contributed by atoms with Crippen LogP contribution < -0.4 is 10.1 Å². The summed E-state index contributed by atoms with van der Waals surface area (Å²) in [5.41, 5.74) is 1.76. The van der Waals surface area contributed by atoms with E-state index in [1.165, 1.54) is 0 Å². The van der Waals surface area contributed by atoms with Gasteiger partial charge < -0.3 is 14.8 Å². The molecule has 1 saturated heterocycles. The average molecular weight is 263 g/mol. The maximum Gasteiger partial charge on any atom is 0.196 e. The van der Waals surface area contributed by atoms with Gasteiger partial charge in [-0.3, -0.25) is 4.79 Å². The summed E-state index contributed by atoms with van der Waals surface area (Å²) in [5.74, 6) is 1.02. The van der Waals surface area contributed by atoms with Gasteiger partial charge in [-0.05, 0) is 23.6 Å². The molecule has 1 aliphatic heterocycles. The van der Waals surface area contributed by atoms with E-state index in [2.05, 4.69) is 19.2 Å². The van der Waals surface area contributed by atoms with E-state index in [1.54, 1.807) is 7.11 Å². The molecular formula is C15H21NO3. The van der Waals surface area contributed by atoms with Crippen LogP contribution in [0.5, 0.6) is 5.75 Å². The van der Waals surface area contributed by atoms with E-state index < -0.39 is 6.10 Å². The van der Waals surface area contributed by atoms with Crippen molar-refractivity contribution in [3.05, 3.63) is 29.3 Å². The lowest BCUT2D eigenvalue weighted by atomic mass is 9.97. The monoisotopic (exact) mass is 263 g/mol. The normalized spacial score (nSPS) is 19.5. The number of benzene rings is 1. The third-order valence-electron chi connectivity index (χ3n) is 3.38. The molecule has 1 aromatic rings. The number of rotatable bonds is 4. The van der Waals surface area contributed by atoms with E-state index in [1.807, 2.05) is 18.2 Å². The standard InChI is InChI=1S/C15H21NO3/c1-10(2)11-4-5-12(13(8-11)18-3)15(17)14-9-16-6-7-19-14/h4-5,8,10,14,16H,6-7,9H2,1-3H3. The van der Waals surface area contributed by atoms with Gasteiger partial charge in [0.05, 0.1) is 19.3 Å². The SMILES string of the molecule is COc1cc(C(C)C)ccc1C(=O)C1CNCCO1. The summed E-state index contributed by atoms with van der Waals surface area (Å²) in [6.07, 6.45) is -0.410. The quantitative estimate of drug-likeness (QED) is 0.844. The van der Waals surface area contributed by atoms with Crippen molar-refractivity contribution in [3.8, 4) is 5.75 Å². The number of carbonyl (C=O) groups excluding carboxylic acids is 1. The van der Waals surface area contributed by atoms with Crippen molar-refractivity contribution in [2.24, 2.45) is 0 Å². The first-order chi connectivity index (χ1) is 9.13. The lowest BCUT2D eigenvalue weighted by molar-refractivity contribution is 0.0267. The molecule has 4 heteroatoms. The Balaban J connectivity index is 2.25. The molecule has 1 aliphatic rings. The molecule has 1 N–H and O–H groups in total. The van der Waals surface area contributed by atoms with Gasteiger partial charge in [0.1, 0.15) is 11.9 Å². The predicted molar refractivity (Wildman–Crippen MR) is 74.0 cm³/mol. The summed E-state index contributed by atoms with van der Waals surface area (Å²) < 4.78 is 10.9. The Morgan fingerprint density at radius 2 is 2.26 bits per heavy atom. The summed E-state index contributed by atoms with van der Waals surface area (Å²) >= 11 is 0. The van der Waals surface area contributed by atoms with Crippen LogP contribution in [0.4, 0.5) is 0 Å². The second kappa shape index (κ2) is 6.17. The number of ether oxygens (including phenoxy) is 2. The van der Waals surface area contributed by atoms with E-state index >= 15 is 0 Å². The highest BCUT2D eigenvalue weighted by atomic mass is 16.5. The van der Waals surface area contributed by atoms with Gasteiger partial charge in [-0.25, -0.2) is 0 Å². The van der Waals surface area contributed by atoms with Gasteiger partial charge in [0.2, 0.25) is 0 Å². The zero-order valence-corrected chi connectivity index (χ0v) is 11.7.